The third kappa shape index (κ3) is 2.22. The fraction of sp³-hybridized carbons (Fsp3) is 0.214. The second-order valence-corrected chi connectivity index (χ2v) is 4.48. The van der Waals surface area contributed by atoms with Gasteiger partial charge in [-0.3, -0.25) is 0 Å². The van der Waals surface area contributed by atoms with Gasteiger partial charge < -0.3 is 14.8 Å². The minimum Gasteiger partial charge on any atom is -0.508 e. The molecule has 1 heterocycles. The first-order valence-electron chi connectivity index (χ1n) is 5.73. The molecule has 2 rings (SSSR count). The van der Waals surface area contributed by atoms with Crippen LogP contribution >= 0.6 is 0 Å². The Kier molecular flexibility index (Phi) is 3.10. The van der Waals surface area contributed by atoms with Crippen molar-refractivity contribution in [3.8, 4) is 16.9 Å². The topological polar surface area (TPSA) is 62.5 Å². The highest BCUT2D eigenvalue weighted by molar-refractivity contribution is 5.96. The molecule has 0 fully saturated rings. The normalized spacial score (nSPS) is 10.8. The molecule has 18 heavy (non-hydrogen) atoms. The Morgan fingerprint density at radius 2 is 2.00 bits per heavy atom. The number of rotatable bonds is 3. The molecule has 1 aromatic carbocycles. The van der Waals surface area contributed by atoms with Gasteiger partial charge in [0.1, 0.15) is 5.75 Å². The van der Waals surface area contributed by atoms with Gasteiger partial charge >= 0.3 is 5.97 Å². The molecule has 4 heteroatoms. The van der Waals surface area contributed by atoms with Crippen molar-refractivity contribution in [2.45, 2.75) is 19.9 Å². The van der Waals surface area contributed by atoms with E-state index in [1.54, 1.807) is 36.7 Å². The number of nitrogens with zero attached hydrogens (tertiary/aromatic N) is 1. The predicted octanol–water partition coefficient (Wildman–Crippen LogP) is 3.14. The number of carboxylic acid groups (broad SMARTS) is 1. The summed E-state index contributed by atoms with van der Waals surface area (Å²) in [5.41, 5.74) is 1.56. The minimum atomic E-state index is -0.965. The van der Waals surface area contributed by atoms with Gasteiger partial charge in [0.2, 0.25) is 0 Å². The molecule has 0 unspecified atom stereocenters. The second kappa shape index (κ2) is 4.56. The van der Waals surface area contributed by atoms with E-state index in [9.17, 15) is 15.0 Å². The van der Waals surface area contributed by atoms with Crippen LogP contribution in [-0.2, 0) is 0 Å². The van der Waals surface area contributed by atoms with Gasteiger partial charge in [-0.25, -0.2) is 4.79 Å². The molecule has 1 aromatic heterocycles. The van der Waals surface area contributed by atoms with Crippen molar-refractivity contribution >= 4 is 5.97 Å². The standard InChI is InChI=1S/C14H15NO3/c1-9(2)15-7-12(13(8-15)14(17)18)10-4-3-5-11(16)6-10/h3-9,16H,1-2H3,(H,17,18). The molecule has 94 valence electrons. The van der Waals surface area contributed by atoms with Crippen LogP contribution in [0.3, 0.4) is 0 Å². The van der Waals surface area contributed by atoms with Crippen molar-refractivity contribution in [1.29, 1.82) is 0 Å². The van der Waals surface area contributed by atoms with E-state index in [4.69, 9.17) is 0 Å². The number of aromatic carboxylic acids is 1. The van der Waals surface area contributed by atoms with E-state index >= 15 is 0 Å². The van der Waals surface area contributed by atoms with Crippen LogP contribution in [0, 0.1) is 0 Å². The third-order valence-corrected chi connectivity index (χ3v) is 2.83. The summed E-state index contributed by atoms with van der Waals surface area (Å²) < 4.78 is 1.85. The Labute approximate surface area is 105 Å². The molecule has 2 N–H and O–H groups in total. The lowest BCUT2D eigenvalue weighted by molar-refractivity contribution is 0.0697. The van der Waals surface area contributed by atoms with Gasteiger partial charge in [0.05, 0.1) is 5.56 Å². The van der Waals surface area contributed by atoms with Gasteiger partial charge in [0.25, 0.3) is 0 Å². The zero-order valence-corrected chi connectivity index (χ0v) is 10.3. The summed E-state index contributed by atoms with van der Waals surface area (Å²) in [7, 11) is 0. The van der Waals surface area contributed by atoms with E-state index < -0.39 is 5.97 Å². The number of phenolic OH excluding ortho intramolecular Hbond substituents is 1. The van der Waals surface area contributed by atoms with E-state index in [2.05, 4.69) is 0 Å². The Morgan fingerprint density at radius 1 is 1.28 bits per heavy atom. The number of aromatic hydroxyl groups is 1. The minimum absolute atomic E-state index is 0.126. The lowest BCUT2D eigenvalue weighted by atomic mass is 10.0. The van der Waals surface area contributed by atoms with Gasteiger partial charge in [-0.2, -0.15) is 0 Å². The summed E-state index contributed by atoms with van der Waals surface area (Å²) in [6.45, 7) is 3.97. The molecule has 0 saturated carbocycles. The van der Waals surface area contributed by atoms with Crippen LogP contribution in [0.1, 0.15) is 30.2 Å². The first kappa shape index (κ1) is 12.2. The van der Waals surface area contributed by atoms with Gasteiger partial charge in [-0.05, 0) is 31.5 Å². The number of phenols is 1. The molecule has 0 saturated heterocycles. The Morgan fingerprint density at radius 3 is 2.56 bits per heavy atom. The van der Waals surface area contributed by atoms with Crippen molar-refractivity contribution in [3.05, 3.63) is 42.2 Å². The molecular formula is C14H15NO3. The zero-order chi connectivity index (χ0) is 13.3. The van der Waals surface area contributed by atoms with Crippen LogP contribution in [0.4, 0.5) is 0 Å². The Hall–Kier alpha value is -2.23. The zero-order valence-electron chi connectivity index (χ0n) is 10.3. The van der Waals surface area contributed by atoms with Crippen molar-refractivity contribution in [3.63, 3.8) is 0 Å². The van der Waals surface area contributed by atoms with E-state index in [1.807, 2.05) is 18.4 Å². The SMILES string of the molecule is CC(C)n1cc(C(=O)O)c(-c2cccc(O)c2)c1. The number of benzene rings is 1. The van der Waals surface area contributed by atoms with Gasteiger partial charge in [0.15, 0.2) is 0 Å². The summed E-state index contributed by atoms with van der Waals surface area (Å²) in [4.78, 5) is 11.2. The maximum atomic E-state index is 11.2. The average molecular weight is 245 g/mol. The van der Waals surface area contributed by atoms with Crippen LogP contribution < -0.4 is 0 Å². The van der Waals surface area contributed by atoms with Crippen LogP contribution in [-0.4, -0.2) is 20.7 Å². The van der Waals surface area contributed by atoms with E-state index in [-0.39, 0.29) is 17.4 Å². The Bertz CT molecular complexity index is 584. The molecule has 0 radical (unpaired) electrons. The van der Waals surface area contributed by atoms with Crippen molar-refractivity contribution in [2.75, 3.05) is 0 Å². The molecule has 0 aliphatic rings. The Balaban J connectivity index is 2.58. The molecule has 0 aliphatic heterocycles. The lowest BCUT2D eigenvalue weighted by Crippen LogP contribution is -1.98. The largest absolute Gasteiger partial charge is 0.508 e. The molecule has 0 spiro atoms. The highest BCUT2D eigenvalue weighted by Crippen LogP contribution is 2.28. The molecular weight excluding hydrogens is 230 g/mol. The molecule has 4 nitrogen and oxygen atoms in total. The molecule has 0 bridgehead atoms. The summed E-state index contributed by atoms with van der Waals surface area (Å²) in [6, 6.07) is 6.79. The molecule has 0 amide bonds. The molecule has 2 aromatic rings. The van der Waals surface area contributed by atoms with Crippen molar-refractivity contribution in [1.82, 2.24) is 4.57 Å². The summed E-state index contributed by atoms with van der Waals surface area (Å²) in [6.07, 6.45) is 3.41. The quantitative estimate of drug-likeness (QED) is 0.873. The van der Waals surface area contributed by atoms with Crippen LogP contribution in [0.15, 0.2) is 36.7 Å². The van der Waals surface area contributed by atoms with Crippen molar-refractivity contribution < 1.29 is 15.0 Å². The highest BCUT2D eigenvalue weighted by Gasteiger charge is 2.16. The first-order chi connectivity index (χ1) is 8.49. The van der Waals surface area contributed by atoms with E-state index in [0.717, 1.165) is 0 Å². The van der Waals surface area contributed by atoms with Crippen molar-refractivity contribution in [2.24, 2.45) is 0 Å². The summed E-state index contributed by atoms with van der Waals surface area (Å²) >= 11 is 0. The number of carboxylic acids is 1. The monoisotopic (exact) mass is 245 g/mol. The smallest absolute Gasteiger partial charge is 0.337 e. The maximum absolute atomic E-state index is 11.2. The van der Waals surface area contributed by atoms with Gasteiger partial charge in [-0.1, -0.05) is 12.1 Å². The molecule has 0 aliphatic carbocycles. The first-order valence-corrected chi connectivity index (χ1v) is 5.73. The van der Waals surface area contributed by atoms with Crippen LogP contribution in [0.5, 0.6) is 5.75 Å². The predicted molar refractivity (Wildman–Crippen MR) is 68.9 cm³/mol. The summed E-state index contributed by atoms with van der Waals surface area (Å²) in [5.74, 6) is -0.839. The third-order valence-electron chi connectivity index (χ3n) is 2.83. The number of hydrogen-bond acceptors (Lipinski definition) is 2. The maximum Gasteiger partial charge on any atom is 0.337 e. The highest BCUT2D eigenvalue weighted by atomic mass is 16.4. The number of hydrogen-bond donors (Lipinski definition) is 2. The van der Waals surface area contributed by atoms with Gasteiger partial charge in [-0.15, -0.1) is 0 Å². The fourth-order valence-electron chi connectivity index (χ4n) is 1.85. The number of carbonyl (C=O) groups is 1. The number of aromatic nitrogens is 1. The fourth-order valence-corrected chi connectivity index (χ4v) is 1.85. The van der Waals surface area contributed by atoms with E-state index in [1.165, 1.54) is 0 Å². The lowest BCUT2D eigenvalue weighted by Gasteiger charge is -2.05. The van der Waals surface area contributed by atoms with Crippen LogP contribution in [0.2, 0.25) is 0 Å². The van der Waals surface area contributed by atoms with Gasteiger partial charge in [0, 0.05) is 24.0 Å². The van der Waals surface area contributed by atoms with Crippen LogP contribution in [0.25, 0.3) is 11.1 Å². The average Bonchev–Trinajstić information content (AvgIpc) is 2.73. The summed E-state index contributed by atoms with van der Waals surface area (Å²) in [5, 5.41) is 18.7. The van der Waals surface area contributed by atoms with E-state index in [0.29, 0.717) is 11.1 Å². The second-order valence-electron chi connectivity index (χ2n) is 4.48. The molecule has 0 atom stereocenters.